The molecule has 1 saturated heterocycles. The average Bonchev–Trinajstić information content (AvgIpc) is 3.20. The molecule has 5 rings (SSSR count). The summed E-state index contributed by atoms with van der Waals surface area (Å²) in [7, 11) is 0. The van der Waals surface area contributed by atoms with Crippen molar-refractivity contribution in [3.63, 3.8) is 0 Å². The molecule has 2 aromatic carbocycles. The maximum absolute atomic E-state index is 5.83. The van der Waals surface area contributed by atoms with Crippen LogP contribution in [0.15, 0.2) is 108 Å². The van der Waals surface area contributed by atoms with Crippen molar-refractivity contribution >= 4 is 15.9 Å². The summed E-state index contributed by atoms with van der Waals surface area (Å²) in [6.07, 6.45) is 16.1. The van der Waals surface area contributed by atoms with Gasteiger partial charge in [-0.25, -0.2) is 0 Å². The highest BCUT2D eigenvalue weighted by molar-refractivity contribution is 9.09. The summed E-state index contributed by atoms with van der Waals surface area (Å²) in [5, 5.41) is 0. The van der Waals surface area contributed by atoms with Crippen LogP contribution in [0, 0.1) is 11.8 Å². The molecule has 182 valence electrons. The highest BCUT2D eigenvalue weighted by Crippen LogP contribution is 2.46. The van der Waals surface area contributed by atoms with Crippen molar-refractivity contribution in [1.82, 2.24) is 9.80 Å². The monoisotopic (exact) mass is 530 g/mol. The normalized spacial score (nSPS) is 22.8. The Bertz CT molecular complexity index is 1110. The lowest BCUT2D eigenvalue weighted by atomic mass is 9.84. The fourth-order valence-corrected chi connectivity index (χ4v) is 6.07. The van der Waals surface area contributed by atoms with E-state index in [0.29, 0.717) is 23.4 Å². The Morgan fingerprint density at radius 2 is 1.51 bits per heavy atom. The molecule has 2 aromatic rings. The van der Waals surface area contributed by atoms with Crippen LogP contribution in [0.5, 0.6) is 0 Å². The Labute approximate surface area is 218 Å². The second-order valence-electron chi connectivity index (χ2n) is 9.65. The van der Waals surface area contributed by atoms with Gasteiger partial charge in [0.05, 0.1) is 6.04 Å². The van der Waals surface area contributed by atoms with E-state index in [9.17, 15) is 0 Å². The minimum absolute atomic E-state index is 0.341. The molecule has 0 spiro atoms. The predicted molar refractivity (Wildman–Crippen MR) is 148 cm³/mol. The van der Waals surface area contributed by atoms with Crippen LogP contribution in [0.25, 0.3) is 0 Å². The largest absolute Gasteiger partial charge is 0.483 e. The molecular weight excluding hydrogens is 496 g/mol. The van der Waals surface area contributed by atoms with Crippen molar-refractivity contribution in [2.24, 2.45) is 11.8 Å². The third kappa shape index (κ3) is 5.43. The summed E-state index contributed by atoms with van der Waals surface area (Å²) in [4.78, 5) is 5.14. The van der Waals surface area contributed by atoms with Gasteiger partial charge in [0.1, 0.15) is 11.3 Å². The molecule has 0 radical (unpaired) electrons. The molecule has 35 heavy (non-hydrogen) atoms. The van der Waals surface area contributed by atoms with E-state index in [4.69, 9.17) is 4.74 Å². The third-order valence-corrected chi connectivity index (χ3v) is 7.75. The molecular formula is C31H35BrN2O. The number of benzene rings is 2. The second-order valence-corrected chi connectivity index (χ2v) is 10.1. The number of fused-ring (bicyclic) bond motifs is 3. The lowest BCUT2D eigenvalue weighted by Crippen LogP contribution is -2.34. The van der Waals surface area contributed by atoms with Gasteiger partial charge in [0.15, 0.2) is 0 Å². The van der Waals surface area contributed by atoms with Crippen molar-refractivity contribution in [1.29, 1.82) is 0 Å². The Hall–Kier alpha value is -2.72. The van der Waals surface area contributed by atoms with Gasteiger partial charge in [0.2, 0.25) is 0 Å². The number of rotatable bonds is 10. The molecule has 0 amide bonds. The second kappa shape index (κ2) is 11.3. The minimum Gasteiger partial charge on any atom is -0.483 e. The predicted octanol–water partition coefficient (Wildman–Crippen LogP) is 7.05. The molecule has 4 heteroatoms. The van der Waals surface area contributed by atoms with E-state index in [-0.39, 0.29) is 0 Å². The van der Waals surface area contributed by atoms with Gasteiger partial charge in [-0.15, -0.1) is 0 Å². The van der Waals surface area contributed by atoms with Crippen LogP contribution in [-0.4, -0.2) is 34.4 Å². The number of ether oxygens (including phenoxy) is 1. The van der Waals surface area contributed by atoms with E-state index < -0.39 is 0 Å². The van der Waals surface area contributed by atoms with Crippen LogP contribution in [0.2, 0.25) is 0 Å². The van der Waals surface area contributed by atoms with Crippen LogP contribution >= 0.6 is 15.9 Å². The van der Waals surface area contributed by atoms with E-state index in [1.807, 2.05) is 0 Å². The first-order chi connectivity index (χ1) is 17.2. The molecule has 1 fully saturated rings. The fraction of sp³-hybridized carbons (Fsp3) is 0.355. The first-order valence-electron chi connectivity index (χ1n) is 12.8. The number of halogens is 1. The van der Waals surface area contributed by atoms with Crippen LogP contribution in [-0.2, 0) is 17.6 Å². The van der Waals surface area contributed by atoms with Gasteiger partial charge in [-0.05, 0) is 71.8 Å². The third-order valence-electron chi connectivity index (χ3n) is 7.52. The zero-order valence-corrected chi connectivity index (χ0v) is 22.1. The van der Waals surface area contributed by atoms with E-state index in [0.717, 1.165) is 44.5 Å². The smallest absolute Gasteiger partial charge is 0.143 e. The van der Waals surface area contributed by atoms with Gasteiger partial charge in [-0.3, -0.25) is 0 Å². The maximum atomic E-state index is 5.83. The molecule has 0 N–H and O–H groups in total. The van der Waals surface area contributed by atoms with Gasteiger partial charge < -0.3 is 14.5 Å². The van der Waals surface area contributed by atoms with Crippen molar-refractivity contribution in [3.8, 4) is 0 Å². The Morgan fingerprint density at radius 3 is 2.17 bits per heavy atom. The van der Waals surface area contributed by atoms with Gasteiger partial charge >= 0.3 is 0 Å². The van der Waals surface area contributed by atoms with Gasteiger partial charge in [0.25, 0.3) is 0 Å². The molecule has 1 aliphatic carbocycles. The van der Waals surface area contributed by atoms with E-state index in [2.05, 4.69) is 124 Å². The molecule has 3 atom stereocenters. The van der Waals surface area contributed by atoms with E-state index in [1.165, 1.54) is 22.5 Å². The number of allylic oxidation sites excluding steroid dienone is 3. The summed E-state index contributed by atoms with van der Waals surface area (Å²) in [5.74, 6) is 1.86. The molecule has 3 nitrogen and oxygen atoms in total. The van der Waals surface area contributed by atoms with Crippen molar-refractivity contribution in [2.45, 2.75) is 38.6 Å². The van der Waals surface area contributed by atoms with Crippen LogP contribution in [0.4, 0.5) is 0 Å². The molecule has 0 saturated carbocycles. The minimum atomic E-state index is 0.341. The maximum Gasteiger partial charge on any atom is 0.143 e. The Morgan fingerprint density at radius 1 is 0.857 bits per heavy atom. The lowest BCUT2D eigenvalue weighted by Gasteiger charge is -2.34. The molecule has 2 heterocycles. The Balaban J connectivity index is 1.33. The van der Waals surface area contributed by atoms with Crippen molar-refractivity contribution in [2.75, 3.05) is 18.6 Å². The standard InChI is InChI=1S/C31H35BrN2O/c1-24-31-29(18-21-33(24)19-8-14-25-10-4-2-5-11-25)28-17-16-27(35-23-32)22-30(28)34(31)20-9-15-26-12-6-3-7-13-26/h2-7,10-13,16-18,21-22,28-30H,8-9,14-15,19-20,23H2,1H3. The zero-order chi connectivity index (χ0) is 24.0. The topological polar surface area (TPSA) is 15.7 Å². The molecule has 0 aromatic heterocycles. The van der Waals surface area contributed by atoms with E-state index >= 15 is 0 Å². The molecule has 3 aliphatic rings. The van der Waals surface area contributed by atoms with Crippen molar-refractivity contribution < 1.29 is 4.74 Å². The first kappa shape index (κ1) is 24.0. The summed E-state index contributed by atoms with van der Waals surface area (Å²) >= 11 is 3.42. The van der Waals surface area contributed by atoms with Crippen LogP contribution in [0.3, 0.4) is 0 Å². The number of hydrogen-bond acceptors (Lipinski definition) is 3. The van der Waals surface area contributed by atoms with Gasteiger partial charge in [0, 0.05) is 42.5 Å². The van der Waals surface area contributed by atoms with Gasteiger partial charge in [-0.2, -0.15) is 0 Å². The number of alkyl halides is 1. The highest BCUT2D eigenvalue weighted by Gasteiger charge is 2.45. The quantitative estimate of drug-likeness (QED) is 0.306. The Kier molecular flexibility index (Phi) is 7.78. The molecule has 2 aliphatic heterocycles. The number of likely N-dealkylation sites (tertiary alicyclic amines) is 1. The average molecular weight is 532 g/mol. The van der Waals surface area contributed by atoms with E-state index in [1.54, 1.807) is 0 Å². The summed E-state index contributed by atoms with van der Waals surface area (Å²) in [5.41, 5.74) is 6.26. The lowest BCUT2D eigenvalue weighted by molar-refractivity contribution is 0.260. The van der Waals surface area contributed by atoms with Gasteiger partial charge in [-0.1, -0.05) is 72.8 Å². The number of nitrogens with zero attached hydrogens (tertiary/aromatic N) is 2. The summed E-state index contributed by atoms with van der Waals surface area (Å²) in [6, 6.07) is 22.0. The van der Waals surface area contributed by atoms with Crippen LogP contribution in [0.1, 0.15) is 30.9 Å². The summed E-state index contributed by atoms with van der Waals surface area (Å²) in [6.45, 7) is 4.42. The molecule has 3 unspecified atom stereocenters. The zero-order valence-electron chi connectivity index (χ0n) is 20.5. The summed E-state index contributed by atoms with van der Waals surface area (Å²) < 4.78 is 5.83. The highest BCUT2D eigenvalue weighted by atomic mass is 79.9. The number of aryl methyl sites for hydroxylation is 2. The number of hydrogen-bond donors (Lipinski definition) is 0. The van der Waals surface area contributed by atoms with Crippen LogP contribution < -0.4 is 0 Å². The fourth-order valence-electron chi connectivity index (χ4n) is 5.81. The first-order valence-corrected chi connectivity index (χ1v) is 14.0. The van der Waals surface area contributed by atoms with Crippen molar-refractivity contribution in [3.05, 3.63) is 119 Å². The molecule has 0 bridgehead atoms. The SMILES string of the molecule is CC1=C2C(C=CN1CCCc1ccccc1)C1C=CC(OCBr)=CC1N2CCCc1ccccc1.